The highest BCUT2D eigenvalue weighted by Gasteiger charge is 2.28. The van der Waals surface area contributed by atoms with E-state index >= 15 is 0 Å². The number of benzene rings is 1. The molecule has 10 heteroatoms. The number of rotatable bonds is 4. The molecule has 0 aliphatic carbocycles. The van der Waals surface area contributed by atoms with Crippen molar-refractivity contribution in [3.8, 4) is 17.0 Å². The van der Waals surface area contributed by atoms with E-state index in [1.807, 2.05) is 11.8 Å². The smallest absolute Gasteiger partial charge is 0.246 e. The summed E-state index contributed by atoms with van der Waals surface area (Å²) < 4.78 is 14.4. The third-order valence-electron chi connectivity index (χ3n) is 5.46. The van der Waals surface area contributed by atoms with Gasteiger partial charge in [-0.25, -0.2) is 19.3 Å². The van der Waals surface area contributed by atoms with E-state index in [4.69, 9.17) is 11.6 Å². The second kappa shape index (κ2) is 9.11. The Morgan fingerprint density at radius 1 is 1.24 bits per heavy atom. The average Bonchev–Trinajstić information content (AvgIpc) is 2.77. The number of aromatic nitrogens is 3. The number of phenolic OH excluding ortho intramolecular Hbond substituents is 1. The molecule has 3 aromatic rings. The van der Waals surface area contributed by atoms with E-state index in [1.54, 1.807) is 11.0 Å². The normalized spacial score (nSPS) is 16.5. The van der Waals surface area contributed by atoms with Crippen molar-refractivity contribution in [1.82, 2.24) is 19.9 Å². The quantitative estimate of drug-likeness (QED) is 0.585. The second-order valence-corrected chi connectivity index (χ2v) is 8.20. The fourth-order valence-electron chi connectivity index (χ4n) is 3.87. The zero-order valence-corrected chi connectivity index (χ0v) is 18.8. The van der Waals surface area contributed by atoms with Gasteiger partial charge in [-0.2, -0.15) is 0 Å². The first-order chi connectivity index (χ1) is 15.8. The van der Waals surface area contributed by atoms with E-state index in [2.05, 4.69) is 15.0 Å². The van der Waals surface area contributed by atoms with E-state index in [9.17, 15) is 19.1 Å². The molecule has 0 bridgehead atoms. The topological polar surface area (TPSA) is 99.5 Å². The minimum Gasteiger partial charge on any atom is -0.507 e. The van der Waals surface area contributed by atoms with Gasteiger partial charge in [-0.3, -0.25) is 9.59 Å². The van der Waals surface area contributed by atoms with E-state index < -0.39 is 5.82 Å². The van der Waals surface area contributed by atoms with Crippen LogP contribution in [0, 0.1) is 5.82 Å². The monoisotopic (exact) mass is 469 g/mol. The van der Waals surface area contributed by atoms with Crippen LogP contribution in [0.25, 0.3) is 22.3 Å². The first-order valence-electron chi connectivity index (χ1n) is 10.3. The maximum absolute atomic E-state index is 14.4. The summed E-state index contributed by atoms with van der Waals surface area (Å²) >= 11 is 6.45. The van der Waals surface area contributed by atoms with Crippen molar-refractivity contribution < 1.29 is 19.1 Å². The zero-order chi connectivity index (χ0) is 23.7. The van der Waals surface area contributed by atoms with Crippen LogP contribution >= 0.6 is 11.6 Å². The molecule has 0 radical (unpaired) electrons. The van der Waals surface area contributed by atoms with Crippen LogP contribution in [0.5, 0.6) is 5.75 Å². The number of carbonyl (C=O) groups is 2. The largest absolute Gasteiger partial charge is 0.507 e. The van der Waals surface area contributed by atoms with Crippen LogP contribution in [0.2, 0.25) is 5.02 Å². The van der Waals surface area contributed by atoms with E-state index in [-0.39, 0.29) is 39.8 Å². The molecule has 1 amide bonds. The van der Waals surface area contributed by atoms with Gasteiger partial charge in [-0.1, -0.05) is 17.7 Å². The van der Waals surface area contributed by atoms with Gasteiger partial charge in [0.1, 0.15) is 23.7 Å². The number of phenols is 1. The van der Waals surface area contributed by atoms with Crippen molar-refractivity contribution in [2.45, 2.75) is 19.9 Å². The van der Waals surface area contributed by atoms with Gasteiger partial charge < -0.3 is 14.9 Å². The van der Waals surface area contributed by atoms with Gasteiger partial charge in [0, 0.05) is 31.8 Å². The number of aromatic hydroxyl groups is 1. The van der Waals surface area contributed by atoms with Crippen LogP contribution in [0.3, 0.4) is 0 Å². The van der Waals surface area contributed by atoms with Crippen LogP contribution in [0.1, 0.15) is 13.8 Å². The summed E-state index contributed by atoms with van der Waals surface area (Å²) in [4.78, 5) is 40.2. The molecule has 1 aliphatic heterocycles. The second-order valence-electron chi connectivity index (χ2n) is 7.79. The number of carbonyl (C=O) groups excluding carboxylic acids is 2. The number of hydrogen-bond donors (Lipinski definition) is 1. The molecule has 1 fully saturated rings. The summed E-state index contributed by atoms with van der Waals surface area (Å²) in [6.07, 6.45) is 3.91. The van der Waals surface area contributed by atoms with Crippen molar-refractivity contribution in [1.29, 1.82) is 0 Å². The zero-order valence-electron chi connectivity index (χ0n) is 18.0. The van der Waals surface area contributed by atoms with Gasteiger partial charge >= 0.3 is 0 Å². The third kappa shape index (κ3) is 4.49. The van der Waals surface area contributed by atoms with Crippen molar-refractivity contribution in [2.75, 3.05) is 24.5 Å². The molecule has 3 heterocycles. The minimum absolute atomic E-state index is 0.0828. The van der Waals surface area contributed by atoms with Crippen molar-refractivity contribution >= 4 is 40.1 Å². The molecule has 0 saturated carbocycles. The Balaban J connectivity index is 1.67. The molecule has 1 aliphatic rings. The number of hydrogen-bond acceptors (Lipinski definition) is 7. The molecular formula is C23H21ClFN5O3. The Labute approximate surface area is 194 Å². The maximum atomic E-state index is 14.4. The molecule has 1 atom stereocenters. The number of allylic oxidation sites excluding steroid dienone is 1. The van der Waals surface area contributed by atoms with Gasteiger partial charge in [0.2, 0.25) is 5.91 Å². The number of anilines is 1. The van der Waals surface area contributed by atoms with Gasteiger partial charge in [0.25, 0.3) is 0 Å². The van der Waals surface area contributed by atoms with Gasteiger partial charge in [-0.15, -0.1) is 0 Å². The minimum atomic E-state index is -0.647. The molecule has 1 aromatic carbocycles. The summed E-state index contributed by atoms with van der Waals surface area (Å²) in [6, 6.07) is 5.50. The average molecular weight is 470 g/mol. The number of nitrogens with zero attached hydrogens (tertiary/aromatic N) is 5. The highest BCUT2D eigenvalue weighted by atomic mass is 35.5. The van der Waals surface area contributed by atoms with Crippen molar-refractivity contribution in [2.24, 2.45) is 0 Å². The molecule has 170 valence electrons. The molecule has 4 rings (SSSR count). The predicted octanol–water partition coefficient (Wildman–Crippen LogP) is 3.37. The fraction of sp³-hybridized carbons (Fsp3) is 0.261. The van der Waals surface area contributed by atoms with Crippen molar-refractivity contribution in [3.63, 3.8) is 0 Å². The standard InChI is InChI=1S/C23H21ClFN5O3/c1-13-11-29(19(33)7-6-14(2)31)8-9-30(13)23-15-10-16(24)21(28-22(15)26-12-27-23)20-17(25)4-3-5-18(20)32/h3-7,10,12-13,32H,8-9,11H2,1-2H3/b7-6+/t13-/m0/s1. The van der Waals surface area contributed by atoms with E-state index in [0.717, 1.165) is 0 Å². The Kier molecular flexibility index (Phi) is 6.24. The molecule has 1 N–H and O–H groups in total. The lowest BCUT2D eigenvalue weighted by molar-refractivity contribution is -0.127. The first kappa shape index (κ1) is 22.6. The number of halogens is 2. The van der Waals surface area contributed by atoms with Crippen LogP contribution in [0.4, 0.5) is 10.2 Å². The number of ketones is 1. The summed E-state index contributed by atoms with van der Waals surface area (Å²) in [5, 5.41) is 10.9. The Hall–Kier alpha value is -3.59. The van der Waals surface area contributed by atoms with Crippen LogP contribution in [-0.4, -0.2) is 62.3 Å². The van der Waals surface area contributed by atoms with Crippen LogP contribution in [-0.2, 0) is 9.59 Å². The lowest BCUT2D eigenvalue weighted by atomic mass is 10.1. The molecule has 1 saturated heterocycles. The fourth-order valence-corrected chi connectivity index (χ4v) is 4.11. The molecular weight excluding hydrogens is 449 g/mol. The van der Waals surface area contributed by atoms with Gasteiger partial charge in [-0.05, 0) is 38.1 Å². The van der Waals surface area contributed by atoms with Gasteiger partial charge in [0.15, 0.2) is 11.4 Å². The summed E-state index contributed by atoms with van der Waals surface area (Å²) in [6.45, 7) is 4.74. The number of piperazine rings is 1. The molecule has 2 aromatic heterocycles. The molecule has 0 spiro atoms. The van der Waals surface area contributed by atoms with Crippen LogP contribution < -0.4 is 4.90 Å². The Morgan fingerprint density at radius 3 is 2.73 bits per heavy atom. The molecule has 0 unspecified atom stereocenters. The predicted molar refractivity (Wildman–Crippen MR) is 123 cm³/mol. The third-order valence-corrected chi connectivity index (χ3v) is 5.75. The SMILES string of the molecule is CC(=O)/C=C/C(=O)N1CCN(c2ncnc3nc(-c4c(O)cccc4F)c(Cl)cc23)[C@@H](C)C1. The number of amides is 1. The Morgan fingerprint density at radius 2 is 2.03 bits per heavy atom. The molecule has 33 heavy (non-hydrogen) atoms. The maximum Gasteiger partial charge on any atom is 0.246 e. The van der Waals surface area contributed by atoms with Crippen LogP contribution in [0.15, 0.2) is 42.7 Å². The van der Waals surface area contributed by atoms with E-state index in [1.165, 1.54) is 43.6 Å². The van der Waals surface area contributed by atoms with Crippen molar-refractivity contribution in [3.05, 3.63) is 53.6 Å². The molecule has 8 nitrogen and oxygen atoms in total. The summed E-state index contributed by atoms with van der Waals surface area (Å²) in [7, 11) is 0. The highest BCUT2D eigenvalue weighted by Crippen LogP contribution is 2.37. The summed E-state index contributed by atoms with van der Waals surface area (Å²) in [5.74, 6) is -0.728. The lowest BCUT2D eigenvalue weighted by Crippen LogP contribution is -2.53. The highest BCUT2D eigenvalue weighted by molar-refractivity contribution is 6.34. The number of fused-ring (bicyclic) bond motifs is 1. The Bertz CT molecular complexity index is 1260. The lowest BCUT2D eigenvalue weighted by Gasteiger charge is -2.40. The van der Waals surface area contributed by atoms with E-state index in [0.29, 0.717) is 36.5 Å². The first-order valence-corrected chi connectivity index (χ1v) is 10.7. The summed E-state index contributed by atoms with van der Waals surface area (Å²) in [5.41, 5.74) is 0.297. The van der Waals surface area contributed by atoms with Gasteiger partial charge in [0.05, 0.1) is 21.7 Å². The number of pyridine rings is 1.